The summed E-state index contributed by atoms with van der Waals surface area (Å²) in [4.78, 5) is 14.8. The van der Waals surface area contributed by atoms with Crippen molar-refractivity contribution in [3.8, 4) is 0 Å². The Morgan fingerprint density at radius 3 is 2.45 bits per heavy atom. The number of amides is 1. The molecule has 1 N–H and O–H groups in total. The molecular weight excluding hydrogens is 469 g/mol. The zero-order chi connectivity index (χ0) is 23.6. The summed E-state index contributed by atoms with van der Waals surface area (Å²) in [5, 5.41) is 6.93. The van der Waals surface area contributed by atoms with Gasteiger partial charge in [-0.2, -0.15) is 9.40 Å². The van der Waals surface area contributed by atoms with Crippen LogP contribution in [0.15, 0.2) is 59.8 Å². The van der Waals surface area contributed by atoms with Crippen LogP contribution in [0.3, 0.4) is 0 Å². The van der Waals surface area contributed by atoms with Gasteiger partial charge in [-0.1, -0.05) is 41.9 Å². The molecule has 0 unspecified atom stereocenters. The van der Waals surface area contributed by atoms with Crippen LogP contribution < -0.4 is 10.2 Å². The summed E-state index contributed by atoms with van der Waals surface area (Å²) in [6.45, 7) is 1.27. The van der Waals surface area contributed by atoms with Crippen LogP contribution in [0.5, 0.6) is 0 Å². The van der Waals surface area contributed by atoms with Crippen LogP contribution in [0.4, 0.5) is 10.1 Å². The van der Waals surface area contributed by atoms with Gasteiger partial charge in [0.2, 0.25) is 5.03 Å². The molecule has 0 aliphatic carbocycles. The topological polar surface area (TPSA) is 87.5 Å². The van der Waals surface area contributed by atoms with E-state index in [1.54, 1.807) is 31.3 Å². The van der Waals surface area contributed by atoms with Gasteiger partial charge < -0.3 is 10.2 Å². The van der Waals surface area contributed by atoms with E-state index < -0.39 is 21.7 Å². The molecule has 0 bridgehead atoms. The van der Waals surface area contributed by atoms with E-state index in [4.69, 9.17) is 11.6 Å². The van der Waals surface area contributed by atoms with E-state index in [9.17, 15) is 17.6 Å². The van der Waals surface area contributed by atoms with Crippen LogP contribution in [-0.2, 0) is 23.6 Å². The Hall–Kier alpha value is -2.95. The van der Waals surface area contributed by atoms with Gasteiger partial charge in [0, 0.05) is 51.5 Å². The summed E-state index contributed by atoms with van der Waals surface area (Å²) < 4.78 is 43.1. The predicted octanol–water partition coefficient (Wildman–Crippen LogP) is 2.65. The van der Waals surface area contributed by atoms with Crippen LogP contribution in [0.25, 0.3) is 0 Å². The first-order valence-corrected chi connectivity index (χ1v) is 12.1. The molecule has 4 rings (SSSR count). The first-order chi connectivity index (χ1) is 15.8. The number of aromatic nitrogens is 2. The van der Waals surface area contributed by atoms with Crippen LogP contribution in [0.2, 0.25) is 5.02 Å². The van der Waals surface area contributed by atoms with Crippen molar-refractivity contribution in [1.29, 1.82) is 0 Å². The van der Waals surface area contributed by atoms with E-state index in [-0.39, 0.29) is 30.2 Å². The van der Waals surface area contributed by atoms with E-state index in [0.29, 0.717) is 23.7 Å². The summed E-state index contributed by atoms with van der Waals surface area (Å²) >= 11 is 6.27. The van der Waals surface area contributed by atoms with Crippen molar-refractivity contribution in [2.75, 3.05) is 31.1 Å². The molecule has 3 aromatic rings. The van der Waals surface area contributed by atoms with Crippen molar-refractivity contribution >= 4 is 33.2 Å². The standard InChI is InChI=1S/C22H23ClFN5O3S/c1-27-15-17(21(30)25-14-16-6-2-4-8-19(16)24)22(26-27)33(31,32)29-12-10-28(11-13-29)20-9-5-3-7-18(20)23/h2-9,15H,10-14H2,1H3,(H,25,30). The minimum Gasteiger partial charge on any atom is -0.368 e. The third-order valence-corrected chi connectivity index (χ3v) is 7.61. The number of piperazine rings is 1. The van der Waals surface area contributed by atoms with Crippen molar-refractivity contribution in [1.82, 2.24) is 19.4 Å². The van der Waals surface area contributed by atoms with E-state index in [2.05, 4.69) is 10.4 Å². The molecule has 2 heterocycles. The molecule has 33 heavy (non-hydrogen) atoms. The summed E-state index contributed by atoms with van der Waals surface area (Å²) in [5.74, 6) is -1.09. The quantitative estimate of drug-likeness (QED) is 0.573. The molecule has 1 saturated heterocycles. The maximum Gasteiger partial charge on any atom is 0.263 e. The number of carbonyl (C=O) groups excluding carboxylic acids is 1. The highest BCUT2D eigenvalue weighted by molar-refractivity contribution is 7.89. The number of benzene rings is 2. The zero-order valence-corrected chi connectivity index (χ0v) is 19.5. The van der Waals surface area contributed by atoms with Crippen molar-refractivity contribution < 1.29 is 17.6 Å². The zero-order valence-electron chi connectivity index (χ0n) is 17.9. The average molecular weight is 492 g/mol. The monoisotopic (exact) mass is 491 g/mol. The first kappa shape index (κ1) is 23.2. The number of nitrogens with zero attached hydrogens (tertiary/aromatic N) is 4. The smallest absolute Gasteiger partial charge is 0.263 e. The molecule has 0 radical (unpaired) electrons. The van der Waals surface area contributed by atoms with Crippen molar-refractivity contribution in [2.45, 2.75) is 11.6 Å². The van der Waals surface area contributed by atoms with E-state index in [1.807, 2.05) is 23.1 Å². The van der Waals surface area contributed by atoms with Gasteiger partial charge in [-0.3, -0.25) is 9.48 Å². The van der Waals surface area contributed by atoms with Gasteiger partial charge in [0.1, 0.15) is 5.82 Å². The second-order valence-corrected chi connectivity index (χ2v) is 9.90. The number of sulfonamides is 1. The molecule has 0 atom stereocenters. The molecule has 1 fully saturated rings. The SMILES string of the molecule is Cn1cc(C(=O)NCc2ccccc2F)c(S(=O)(=O)N2CCN(c3ccccc3Cl)CC2)n1. The van der Waals surface area contributed by atoms with Gasteiger partial charge in [0.15, 0.2) is 0 Å². The lowest BCUT2D eigenvalue weighted by Gasteiger charge is -2.35. The Kier molecular flexibility index (Phi) is 6.68. The largest absolute Gasteiger partial charge is 0.368 e. The van der Waals surface area contributed by atoms with Crippen molar-refractivity contribution in [3.05, 3.63) is 76.7 Å². The summed E-state index contributed by atoms with van der Waals surface area (Å²) in [7, 11) is -2.47. The molecule has 1 aliphatic rings. The molecule has 0 saturated carbocycles. The number of para-hydroxylation sites is 1. The number of halogens is 2. The normalized spacial score (nSPS) is 14.9. The summed E-state index contributed by atoms with van der Waals surface area (Å²) in [5.41, 5.74) is 1.07. The fourth-order valence-corrected chi connectivity index (χ4v) is 5.53. The number of anilines is 1. The van der Waals surface area contributed by atoms with E-state index >= 15 is 0 Å². The maximum atomic E-state index is 13.9. The Labute approximate surface area is 196 Å². The van der Waals surface area contributed by atoms with Gasteiger partial charge in [-0.25, -0.2) is 12.8 Å². The lowest BCUT2D eigenvalue weighted by atomic mass is 10.2. The Balaban J connectivity index is 1.49. The lowest BCUT2D eigenvalue weighted by molar-refractivity contribution is 0.0947. The van der Waals surface area contributed by atoms with Crippen molar-refractivity contribution in [3.63, 3.8) is 0 Å². The van der Waals surface area contributed by atoms with Gasteiger partial charge in [-0.15, -0.1) is 0 Å². The summed E-state index contributed by atoms with van der Waals surface area (Å²) in [6, 6.07) is 13.5. The Morgan fingerprint density at radius 2 is 1.76 bits per heavy atom. The molecule has 11 heteroatoms. The van der Waals surface area contributed by atoms with Gasteiger partial charge in [-0.05, 0) is 18.2 Å². The second kappa shape index (κ2) is 9.50. The fraction of sp³-hybridized carbons (Fsp3) is 0.273. The Bertz CT molecular complexity index is 1270. The average Bonchev–Trinajstić information content (AvgIpc) is 3.21. The highest BCUT2D eigenvalue weighted by Crippen LogP contribution is 2.27. The number of nitrogens with one attached hydrogen (secondary N) is 1. The van der Waals surface area contributed by atoms with E-state index in [1.165, 1.54) is 21.3 Å². The molecule has 8 nitrogen and oxygen atoms in total. The number of carbonyl (C=O) groups is 1. The number of rotatable bonds is 6. The minimum atomic E-state index is -4.02. The first-order valence-electron chi connectivity index (χ1n) is 10.3. The molecule has 0 spiro atoms. The molecule has 174 valence electrons. The van der Waals surface area contributed by atoms with Gasteiger partial charge in [0.25, 0.3) is 15.9 Å². The van der Waals surface area contributed by atoms with Gasteiger partial charge >= 0.3 is 0 Å². The van der Waals surface area contributed by atoms with Crippen LogP contribution in [0.1, 0.15) is 15.9 Å². The van der Waals surface area contributed by atoms with Gasteiger partial charge in [0.05, 0.1) is 16.3 Å². The van der Waals surface area contributed by atoms with Crippen LogP contribution in [-0.4, -0.2) is 54.6 Å². The molecule has 1 aromatic heterocycles. The van der Waals surface area contributed by atoms with E-state index in [0.717, 1.165) is 5.69 Å². The number of aryl methyl sites for hydroxylation is 1. The van der Waals surface area contributed by atoms with Crippen molar-refractivity contribution in [2.24, 2.45) is 7.05 Å². The second-order valence-electron chi connectivity index (χ2n) is 7.64. The molecular formula is C22H23ClFN5O3S. The molecule has 1 amide bonds. The predicted molar refractivity (Wildman–Crippen MR) is 123 cm³/mol. The molecule has 1 aliphatic heterocycles. The number of hydrogen-bond acceptors (Lipinski definition) is 5. The Morgan fingerprint density at radius 1 is 1.09 bits per heavy atom. The maximum absolute atomic E-state index is 13.9. The number of hydrogen-bond donors (Lipinski definition) is 1. The molecule has 2 aromatic carbocycles. The minimum absolute atomic E-state index is 0.0730. The third-order valence-electron chi connectivity index (χ3n) is 5.45. The summed E-state index contributed by atoms with van der Waals surface area (Å²) in [6.07, 6.45) is 1.35. The fourth-order valence-electron chi connectivity index (χ4n) is 3.73. The van der Waals surface area contributed by atoms with Crippen LogP contribution in [0, 0.1) is 5.82 Å². The highest BCUT2D eigenvalue weighted by Gasteiger charge is 2.34. The highest BCUT2D eigenvalue weighted by atomic mass is 35.5. The lowest BCUT2D eigenvalue weighted by Crippen LogP contribution is -2.49. The van der Waals surface area contributed by atoms with Crippen LogP contribution >= 0.6 is 11.6 Å². The third kappa shape index (κ3) is 4.87.